The first kappa shape index (κ1) is 15.5. The lowest BCUT2D eigenvalue weighted by Gasteiger charge is -2.05. The molecule has 22 heavy (non-hydrogen) atoms. The van der Waals surface area contributed by atoms with E-state index in [0.29, 0.717) is 17.2 Å². The Morgan fingerprint density at radius 3 is 2.55 bits per heavy atom. The first-order chi connectivity index (χ1) is 10.6. The van der Waals surface area contributed by atoms with Crippen LogP contribution >= 0.6 is 23.1 Å². The molecule has 7 heteroatoms. The molecule has 4 nitrogen and oxygen atoms in total. The van der Waals surface area contributed by atoms with E-state index in [4.69, 9.17) is 0 Å². The molecule has 0 bridgehead atoms. The number of rotatable bonds is 6. The van der Waals surface area contributed by atoms with Crippen molar-refractivity contribution in [2.24, 2.45) is 0 Å². The van der Waals surface area contributed by atoms with Crippen LogP contribution in [0.25, 0.3) is 10.2 Å². The molecule has 0 aliphatic heterocycles. The van der Waals surface area contributed by atoms with Gasteiger partial charge in [-0.3, -0.25) is 0 Å². The van der Waals surface area contributed by atoms with Crippen LogP contribution in [0.3, 0.4) is 0 Å². The number of sulfonamides is 1. The number of thioether (sulfide) groups is 1. The minimum atomic E-state index is -3.42. The molecule has 0 unspecified atom stereocenters. The maximum atomic E-state index is 12.1. The fraction of sp³-hybridized carbons (Fsp3) is 0.133. The molecule has 0 fully saturated rings. The molecule has 0 aliphatic carbocycles. The van der Waals surface area contributed by atoms with Gasteiger partial charge in [0.05, 0.1) is 15.1 Å². The predicted molar refractivity (Wildman–Crippen MR) is 92.0 cm³/mol. The summed E-state index contributed by atoms with van der Waals surface area (Å²) in [4.78, 5) is 4.80. The number of nitrogens with zero attached hydrogens (tertiary/aromatic N) is 1. The van der Waals surface area contributed by atoms with Crippen molar-refractivity contribution in [3.8, 4) is 0 Å². The van der Waals surface area contributed by atoms with E-state index in [1.165, 1.54) is 0 Å². The highest BCUT2D eigenvalue weighted by Gasteiger charge is 2.12. The quantitative estimate of drug-likeness (QED) is 0.547. The molecule has 114 valence electrons. The Hall–Kier alpha value is -1.41. The van der Waals surface area contributed by atoms with Gasteiger partial charge in [-0.1, -0.05) is 42.1 Å². The fourth-order valence-corrected chi connectivity index (χ4v) is 5.09. The third-order valence-corrected chi connectivity index (χ3v) is 6.61. The molecule has 0 spiro atoms. The predicted octanol–water partition coefficient (Wildman–Crippen LogP) is 3.37. The van der Waals surface area contributed by atoms with Crippen LogP contribution in [-0.4, -0.2) is 25.7 Å². The van der Waals surface area contributed by atoms with Gasteiger partial charge in [0.2, 0.25) is 10.0 Å². The Bertz CT molecular complexity index is 828. The molecule has 3 rings (SSSR count). The van der Waals surface area contributed by atoms with Gasteiger partial charge < -0.3 is 0 Å². The van der Waals surface area contributed by atoms with Gasteiger partial charge in [-0.2, -0.15) is 0 Å². The summed E-state index contributed by atoms with van der Waals surface area (Å²) in [6, 6.07) is 16.4. The molecule has 3 aromatic rings. The first-order valence-corrected chi connectivity index (χ1v) is 9.97. The summed E-state index contributed by atoms with van der Waals surface area (Å²) in [6.45, 7) is 0.373. The van der Waals surface area contributed by atoms with E-state index in [1.54, 1.807) is 53.4 Å². The number of para-hydroxylation sites is 1. The van der Waals surface area contributed by atoms with Crippen molar-refractivity contribution in [2.45, 2.75) is 9.24 Å². The Morgan fingerprint density at radius 1 is 1.05 bits per heavy atom. The van der Waals surface area contributed by atoms with Crippen LogP contribution in [0.5, 0.6) is 0 Å². The first-order valence-electron chi connectivity index (χ1n) is 6.68. The molecule has 0 amide bonds. The van der Waals surface area contributed by atoms with Crippen LogP contribution in [0, 0.1) is 0 Å². The standard InChI is InChI=1S/C15H14N2O2S3/c18-22(19,12-6-2-1-3-7-12)16-10-11-20-15-17-13-8-4-5-9-14(13)21-15/h1-9,16H,10-11H2. The van der Waals surface area contributed by atoms with Crippen molar-refractivity contribution >= 4 is 43.3 Å². The van der Waals surface area contributed by atoms with E-state index in [2.05, 4.69) is 9.71 Å². The van der Waals surface area contributed by atoms with E-state index >= 15 is 0 Å². The van der Waals surface area contributed by atoms with Crippen molar-refractivity contribution in [1.82, 2.24) is 9.71 Å². The summed E-state index contributed by atoms with van der Waals surface area (Å²) in [6.07, 6.45) is 0. The van der Waals surface area contributed by atoms with Crippen LogP contribution in [0.4, 0.5) is 0 Å². The van der Waals surface area contributed by atoms with Gasteiger partial charge in [0.15, 0.2) is 4.34 Å². The van der Waals surface area contributed by atoms with Crippen molar-refractivity contribution < 1.29 is 8.42 Å². The number of hydrogen-bond donors (Lipinski definition) is 1. The normalized spacial score (nSPS) is 11.8. The lowest BCUT2D eigenvalue weighted by Crippen LogP contribution is -2.25. The van der Waals surface area contributed by atoms with Crippen LogP contribution in [0.2, 0.25) is 0 Å². The average molecular weight is 350 g/mol. The van der Waals surface area contributed by atoms with Gasteiger partial charge in [0, 0.05) is 12.3 Å². The molecule has 0 radical (unpaired) electrons. The smallest absolute Gasteiger partial charge is 0.230 e. The van der Waals surface area contributed by atoms with Crippen LogP contribution in [0.1, 0.15) is 0 Å². The number of thiazole rings is 1. The zero-order valence-corrected chi connectivity index (χ0v) is 14.0. The monoisotopic (exact) mass is 350 g/mol. The molecular formula is C15H14N2O2S3. The number of fused-ring (bicyclic) bond motifs is 1. The lowest BCUT2D eigenvalue weighted by molar-refractivity contribution is 0.584. The van der Waals surface area contributed by atoms with Crippen molar-refractivity contribution in [2.75, 3.05) is 12.3 Å². The second-order valence-corrected chi connectivity index (χ2v) is 8.65. The maximum absolute atomic E-state index is 12.1. The minimum absolute atomic E-state index is 0.292. The second-order valence-electron chi connectivity index (χ2n) is 4.51. The molecule has 2 aromatic carbocycles. The van der Waals surface area contributed by atoms with Gasteiger partial charge >= 0.3 is 0 Å². The number of benzene rings is 2. The Morgan fingerprint density at radius 2 is 1.77 bits per heavy atom. The largest absolute Gasteiger partial charge is 0.240 e. The fourth-order valence-electron chi connectivity index (χ4n) is 1.91. The summed E-state index contributed by atoms with van der Waals surface area (Å²) in [5.74, 6) is 0.645. The zero-order chi connectivity index (χ0) is 15.4. The highest BCUT2D eigenvalue weighted by molar-refractivity contribution is 8.01. The Labute approximate surface area is 137 Å². The number of hydrogen-bond acceptors (Lipinski definition) is 5. The van der Waals surface area contributed by atoms with Crippen molar-refractivity contribution in [3.05, 3.63) is 54.6 Å². The van der Waals surface area contributed by atoms with Gasteiger partial charge in [0.25, 0.3) is 0 Å². The molecule has 1 N–H and O–H groups in total. The topological polar surface area (TPSA) is 59.1 Å². The Balaban J connectivity index is 1.55. The molecule has 0 saturated heterocycles. The molecule has 1 aromatic heterocycles. The Kier molecular flexibility index (Phi) is 4.77. The van der Waals surface area contributed by atoms with Gasteiger partial charge in [-0.15, -0.1) is 11.3 Å². The molecule has 0 atom stereocenters. The molecule has 0 saturated carbocycles. The third-order valence-electron chi connectivity index (χ3n) is 2.95. The highest BCUT2D eigenvalue weighted by Crippen LogP contribution is 2.28. The summed E-state index contributed by atoms with van der Waals surface area (Å²) in [5, 5.41) is 0. The summed E-state index contributed by atoms with van der Waals surface area (Å²) < 4.78 is 28.8. The van der Waals surface area contributed by atoms with Crippen LogP contribution < -0.4 is 4.72 Å². The van der Waals surface area contributed by atoms with Gasteiger partial charge in [-0.05, 0) is 24.3 Å². The number of aromatic nitrogens is 1. The summed E-state index contributed by atoms with van der Waals surface area (Å²) in [7, 11) is -3.42. The van der Waals surface area contributed by atoms with E-state index < -0.39 is 10.0 Å². The van der Waals surface area contributed by atoms with Crippen molar-refractivity contribution in [3.63, 3.8) is 0 Å². The van der Waals surface area contributed by atoms with Crippen molar-refractivity contribution in [1.29, 1.82) is 0 Å². The number of nitrogens with one attached hydrogen (secondary N) is 1. The molecule has 0 aliphatic rings. The highest BCUT2D eigenvalue weighted by atomic mass is 32.2. The maximum Gasteiger partial charge on any atom is 0.240 e. The third kappa shape index (κ3) is 3.67. The minimum Gasteiger partial charge on any atom is -0.230 e. The summed E-state index contributed by atoms with van der Waals surface area (Å²) >= 11 is 3.19. The van der Waals surface area contributed by atoms with Crippen LogP contribution in [-0.2, 0) is 10.0 Å². The van der Waals surface area contributed by atoms with Crippen LogP contribution in [0.15, 0.2) is 63.8 Å². The van der Waals surface area contributed by atoms with E-state index in [0.717, 1.165) is 14.6 Å². The van der Waals surface area contributed by atoms with E-state index in [-0.39, 0.29) is 0 Å². The van der Waals surface area contributed by atoms with Gasteiger partial charge in [0.1, 0.15) is 0 Å². The molecule has 1 heterocycles. The van der Waals surface area contributed by atoms with E-state index in [9.17, 15) is 8.42 Å². The summed E-state index contributed by atoms with van der Waals surface area (Å²) in [5.41, 5.74) is 0.986. The zero-order valence-electron chi connectivity index (χ0n) is 11.6. The molecular weight excluding hydrogens is 336 g/mol. The lowest BCUT2D eigenvalue weighted by atomic mass is 10.3. The van der Waals surface area contributed by atoms with E-state index in [1.807, 2.05) is 24.3 Å². The average Bonchev–Trinajstić information content (AvgIpc) is 2.95. The van der Waals surface area contributed by atoms with Gasteiger partial charge in [-0.25, -0.2) is 18.1 Å². The SMILES string of the molecule is O=S(=O)(NCCSc1nc2ccccc2s1)c1ccccc1. The second kappa shape index (κ2) is 6.78.